The average molecular weight is 225 g/mol. The molecular formula is C12H19NO3. The number of hydrogen-bond donors (Lipinski definition) is 3. The maximum atomic E-state index is 9.11. The van der Waals surface area contributed by atoms with Gasteiger partial charge >= 0.3 is 0 Å². The first-order valence-electron chi connectivity index (χ1n) is 5.44. The maximum absolute atomic E-state index is 9.11. The minimum absolute atomic E-state index is 0.0529. The molecule has 0 fully saturated rings. The fourth-order valence-electron chi connectivity index (χ4n) is 1.29. The van der Waals surface area contributed by atoms with Crippen LogP contribution < -0.4 is 10.5 Å². The van der Waals surface area contributed by atoms with Gasteiger partial charge in [-0.15, -0.1) is 0 Å². The summed E-state index contributed by atoms with van der Waals surface area (Å²) in [6.07, 6.45) is 0.0567. The second-order valence-corrected chi connectivity index (χ2v) is 3.73. The summed E-state index contributed by atoms with van der Waals surface area (Å²) in [6, 6.07) is 7.50. The third kappa shape index (κ3) is 3.81. The highest BCUT2D eigenvalue weighted by Gasteiger charge is 2.05. The van der Waals surface area contributed by atoms with E-state index in [4.69, 9.17) is 20.7 Å². The van der Waals surface area contributed by atoms with Crippen LogP contribution in [0.25, 0.3) is 0 Å². The van der Waals surface area contributed by atoms with E-state index in [1.807, 2.05) is 31.2 Å². The van der Waals surface area contributed by atoms with Crippen LogP contribution in [0.2, 0.25) is 0 Å². The van der Waals surface area contributed by atoms with Crippen LogP contribution in [-0.2, 0) is 0 Å². The van der Waals surface area contributed by atoms with E-state index in [1.54, 1.807) is 0 Å². The molecule has 0 aliphatic carbocycles. The summed E-state index contributed by atoms with van der Waals surface area (Å²) in [5.74, 6) is 0.666. The molecular weight excluding hydrogens is 206 g/mol. The van der Waals surface area contributed by atoms with Crippen LogP contribution in [-0.4, -0.2) is 29.5 Å². The molecule has 0 amide bonds. The molecule has 2 atom stereocenters. The monoisotopic (exact) mass is 225 g/mol. The molecule has 0 aliphatic heterocycles. The highest BCUT2D eigenvalue weighted by atomic mass is 16.5. The van der Waals surface area contributed by atoms with Crippen molar-refractivity contribution in [1.82, 2.24) is 0 Å². The first-order valence-corrected chi connectivity index (χ1v) is 5.44. The second-order valence-electron chi connectivity index (χ2n) is 3.73. The molecule has 1 unspecified atom stereocenters. The van der Waals surface area contributed by atoms with Crippen LogP contribution in [0.3, 0.4) is 0 Å². The van der Waals surface area contributed by atoms with Gasteiger partial charge in [-0.3, -0.25) is 0 Å². The zero-order valence-corrected chi connectivity index (χ0v) is 9.47. The fraction of sp³-hybridized carbons (Fsp3) is 0.500. The van der Waals surface area contributed by atoms with Crippen molar-refractivity contribution in [3.8, 4) is 5.75 Å². The van der Waals surface area contributed by atoms with Crippen molar-refractivity contribution in [2.24, 2.45) is 5.73 Å². The quantitative estimate of drug-likeness (QED) is 0.670. The Morgan fingerprint density at radius 1 is 1.31 bits per heavy atom. The number of rotatable bonds is 6. The number of ether oxygens (including phenoxy) is 1. The standard InChI is InChI=1S/C12H19NO3/c1-2-12(13)9-3-5-11(6-4-9)16-8-10(15)7-14/h3-6,10,12,14-15H,2,7-8,13H2,1H3/t10?,12-/m1/s1. The second kappa shape index (κ2) is 6.48. The summed E-state index contributed by atoms with van der Waals surface area (Å²) in [6.45, 7) is 1.83. The van der Waals surface area contributed by atoms with Crippen molar-refractivity contribution < 1.29 is 14.9 Å². The number of aliphatic hydroxyl groups is 2. The molecule has 0 saturated heterocycles. The first-order chi connectivity index (χ1) is 7.67. The van der Waals surface area contributed by atoms with Crippen LogP contribution >= 0.6 is 0 Å². The smallest absolute Gasteiger partial charge is 0.119 e. The Hall–Kier alpha value is -1.10. The van der Waals surface area contributed by atoms with Crippen molar-refractivity contribution in [1.29, 1.82) is 0 Å². The zero-order chi connectivity index (χ0) is 12.0. The zero-order valence-electron chi connectivity index (χ0n) is 9.47. The molecule has 0 aliphatic rings. The van der Waals surface area contributed by atoms with Gasteiger partial charge in [-0.25, -0.2) is 0 Å². The van der Waals surface area contributed by atoms with E-state index in [2.05, 4.69) is 0 Å². The third-order valence-corrected chi connectivity index (χ3v) is 2.40. The van der Waals surface area contributed by atoms with Gasteiger partial charge in [0.25, 0.3) is 0 Å². The molecule has 0 spiro atoms. The van der Waals surface area contributed by atoms with Crippen LogP contribution in [0, 0.1) is 0 Å². The molecule has 0 heterocycles. The molecule has 0 radical (unpaired) electrons. The molecule has 90 valence electrons. The molecule has 1 rings (SSSR count). The summed E-state index contributed by atoms with van der Waals surface area (Å²) in [5.41, 5.74) is 6.94. The Kier molecular flexibility index (Phi) is 5.25. The molecule has 0 saturated carbocycles. The largest absolute Gasteiger partial charge is 0.491 e. The van der Waals surface area contributed by atoms with Crippen LogP contribution in [0.15, 0.2) is 24.3 Å². The Morgan fingerprint density at radius 3 is 2.44 bits per heavy atom. The minimum atomic E-state index is -0.836. The maximum Gasteiger partial charge on any atom is 0.119 e. The number of hydrogen-bond acceptors (Lipinski definition) is 4. The van der Waals surface area contributed by atoms with Crippen molar-refractivity contribution in [2.75, 3.05) is 13.2 Å². The molecule has 4 heteroatoms. The topological polar surface area (TPSA) is 75.7 Å². The highest BCUT2D eigenvalue weighted by molar-refractivity contribution is 5.28. The lowest BCUT2D eigenvalue weighted by atomic mass is 10.1. The molecule has 0 aromatic heterocycles. The fourth-order valence-corrected chi connectivity index (χ4v) is 1.29. The van der Waals surface area contributed by atoms with Gasteiger partial charge in [0.05, 0.1) is 6.61 Å². The van der Waals surface area contributed by atoms with Gasteiger partial charge in [0, 0.05) is 6.04 Å². The lowest BCUT2D eigenvalue weighted by Crippen LogP contribution is -2.21. The van der Waals surface area contributed by atoms with Crippen molar-refractivity contribution in [3.63, 3.8) is 0 Å². The number of aliphatic hydroxyl groups excluding tert-OH is 2. The SMILES string of the molecule is CC[C@@H](N)c1ccc(OCC(O)CO)cc1. The van der Waals surface area contributed by atoms with Gasteiger partial charge in [0.1, 0.15) is 18.5 Å². The van der Waals surface area contributed by atoms with Crippen molar-refractivity contribution in [2.45, 2.75) is 25.5 Å². The predicted octanol–water partition coefficient (Wildman–Crippen LogP) is 0.828. The lowest BCUT2D eigenvalue weighted by Gasteiger charge is -2.12. The minimum Gasteiger partial charge on any atom is -0.491 e. The van der Waals surface area contributed by atoms with E-state index in [0.29, 0.717) is 5.75 Å². The normalized spacial score (nSPS) is 14.5. The Labute approximate surface area is 95.7 Å². The molecule has 16 heavy (non-hydrogen) atoms. The van der Waals surface area contributed by atoms with Crippen molar-refractivity contribution in [3.05, 3.63) is 29.8 Å². The number of benzene rings is 1. The third-order valence-electron chi connectivity index (χ3n) is 2.40. The van der Waals surface area contributed by atoms with E-state index in [-0.39, 0.29) is 19.3 Å². The van der Waals surface area contributed by atoms with Gasteiger partial charge < -0.3 is 20.7 Å². The van der Waals surface area contributed by atoms with Crippen molar-refractivity contribution >= 4 is 0 Å². The first kappa shape index (κ1) is 13.0. The average Bonchev–Trinajstić information content (AvgIpc) is 2.35. The van der Waals surface area contributed by atoms with Crippen LogP contribution in [0.1, 0.15) is 24.9 Å². The lowest BCUT2D eigenvalue weighted by molar-refractivity contribution is 0.0536. The van der Waals surface area contributed by atoms with E-state index in [9.17, 15) is 0 Å². The van der Waals surface area contributed by atoms with E-state index in [0.717, 1.165) is 12.0 Å². The summed E-state index contributed by atoms with van der Waals surface area (Å²) >= 11 is 0. The molecule has 4 nitrogen and oxygen atoms in total. The molecule has 1 aromatic rings. The van der Waals surface area contributed by atoms with E-state index in [1.165, 1.54) is 0 Å². The van der Waals surface area contributed by atoms with Gasteiger partial charge in [0.2, 0.25) is 0 Å². The Morgan fingerprint density at radius 2 is 1.94 bits per heavy atom. The summed E-state index contributed by atoms with van der Waals surface area (Å²) < 4.78 is 5.28. The summed E-state index contributed by atoms with van der Waals surface area (Å²) in [7, 11) is 0. The number of nitrogens with two attached hydrogens (primary N) is 1. The Bertz CT molecular complexity index is 300. The molecule has 0 bridgehead atoms. The van der Waals surface area contributed by atoms with E-state index < -0.39 is 6.10 Å². The van der Waals surface area contributed by atoms with E-state index >= 15 is 0 Å². The van der Waals surface area contributed by atoms with Crippen LogP contribution in [0.5, 0.6) is 5.75 Å². The molecule has 1 aromatic carbocycles. The summed E-state index contributed by atoms with van der Waals surface area (Å²) in [5, 5.41) is 17.7. The van der Waals surface area contributed by atoms with Gasteiger partial charge in [0.15, 0.2) is 0 Å². The van der Waals surface area contributed by atoms with Crippen LogP contribution in [0.4, 0.5) is 0 Å². The predicted molar refractivity (Wildman–Crippen MR) is 62.2 cm³/mol. The Balaban J connectivity index is 2.51. The summed E-state index contributed by atoms with van der Waals surface area (Å²) in [4.78, 5) is 0. The van der Waals surface area contributed by atoms with Gasteiger partial charge in [-0.2, -0.15) is 0 Å². The molecule has 4 N–H and O–H groups in total. The highest BCUT2D eigenvalue weighted by Crippen LogP contribution is 2.18. The van der Waals surface area contributed by atoms with Gasteiger partial charge in [-0.1, -0.05) is 19.1 Å². The van der Waals surface area contributed by atoms with Gasteiger partial charge in [-0.05, 0) is 24.1 Å².